The fourth-order valence-electron chi connectivity index (χ4n) is 4.36. The number of fused-ring (bicyclic) bond motifs is 1. The molecule has 3 aromatic carbocycles. The minimum Gasteiger partial charge on any atom is -0.507 e. The van der Waals surface area contributed by atoms with Crippen molar-refractivity contribution < 1.29 is 23.8 Å². The molecule has 1 amide bonds. The van der Waals surface area contributed by atoms with Gasteiger partial charge in [0.05, 0.1) is 28.9 Å². The molecule has 4 aromatic rings. The first-order chi connectivity index (χ1) is 16.8. The molecule has 1 aromatic heterocycles. The molecule has 0 unspecified atom stereocenters. The number of benzene rings is 3. The lowest BCUT2D eigenvalue weighted by Crippen LogP contribution is -2.29. The molecule has 0 bridgehead atoms. The van der Waals surface area contributed by atoms with Crippen LogP contribution in [0.4, 0.5) is 9.52 Å². The molecule has 5 rings (SSSR count). The van der Waals surface area contributed by atoms with Crippen LogP contribution in [0.3, 0.4) is 0 Å². The summed E-state index contributed by atoms with van der Waals surface area (Å²) in [6.45, 7) is 3.93. The lowest BCUT2D eigenvalue weighted by Gasteiger charge is -2.23. The van der Waals surface area contributed by atoms with Crippen LogP contribution in [0.2, 0.25) is 0 Å². The third kappa shape index (κ3) is 3.85. The number of aromatic nitrogens is 1. The highest BCUT2D eigenvalue weighted by atomic mass is 32.1. The summed E-state index contributed by atoms with van der Waals surface area (Å²) >= 11 is 1.31. The van der Waals surface area contributed by atoms with Crippen LogP contribution >= 0.6 is 11.3 Å². The highest BCUT2D eigenvalue weighted by molar-refractivity contribution is 7.22. The minimum absolute atomic E-state index is 0.0843. The standard InChI is InChI=1S/C27H21FN2O4S/c1-14-12-15(2)22-20(13-14)35-27(29-22)30-23(16-6-10-19(34-3)11-7-16)21(25(32)26(30)33)24(31)17-4-8-18(28)9-5-17/h4-13,23,31H,1-3H3/b24-21+/t23-/m1/s1. The molecule has 2 heterocycles. The summed E-state index contributed by atoms with van der Waals surface area (Å²) in [5, 5.41) is 11.5. The van der Waals surface area contributed by atoms with Crippen LogP contribution in [0.25, 0.3) is 16.0 Å². The summed E-state index contributed by atoms with van der Waals surface area (Å²) in [5.74, 6) is -1.87. The van der Waals surface area contributed by atoms with Gasteiger partial charge in [-0.05, 0) is 73.0 Å². The summed E-state index contributed by atoms with van der Waals surface area (Å²) in [6, 6.07) is 15.1. The number of aryl methyl sites for hydroxylation is 2. The first kappa shape index (κ1) is 22.7. The van der Waals surface area contributed by atoms with Crippen molar-refractivity contribution in [1.29, 1.82) is 0 Å². The maximum Gasteiger partial charge on any atom is 0.301 e. The molecule has 1 aliphatic heterocycles. The highest BCUT2D eigenvalue weighted by Crippen LogP contribution is 2.45. The SMILES string of the molecule is COc1ccc([C@@H]2/C(=C(\O)c3ccc(F)cc3)C(=O)C(=O)N2c2nc3c(C)cc(C)cc3s2)cc1. The third-order valence-electron chi connectivity index (χ3n) is 6.02. The molecule has 0 spiro atoms. The summed E-state index contributed by atoms with van der Waals surface area (Å²) in [6.07, 6.45) is 0. The third-order valence-corrected chi connectivity index (χ3v) is 7.02. The van der Waals surface area contributed by atoms with Crippen molar-refractivity contribution in [3.63, 3.8) is 0 Å². The molecule has 176 valence electrons. The van der Waals surface area contributed by atoms with Crippen molar-refractivity contribution in [3.05, 3.63) is 94.3 Å². The van der Waals surface area contributed by atoms with Crippen molar-refractivity contribution >= 4 is 44.1 Å². The monoisotopic (exact) mass is 488 g/mol. The summed E-state index contributed by atoms with van der Waals surface area (Å²) in [5.41, 5.74) is 3.53. The zero-order valence-electron chi connectivity index (χ0n) is 19.2. The highest BCUT2D eigenvalue weighted by Gasteiger charge is 2.48. The van der Waals surface area contributed by atoms with Crippen LogP contribution < -0.4 is 9.64 Å². The van der Waals surface area contributed by atoms with Crippen molar-refractivity contribution in [2.75, 3.05) is 12.0 Å². The number of aliphatic hydroxyl groups is 1. The van der Waals surface area contributed by atoms with Crippen LogP contribution in [0.15, 0.2) is 66.2 Å². The molecular weight excluding hydrogens is 467 g/mol. The lowest BCUT2D eigenvalue weighted by atomic mass is 9.95. The maximum atomic E-state index is 13.5. The van der Waals surface area contributed by atoms with Gasteiger partial charge in [0, 0.05) is 5.56 Å². The number of methoxy groups -OCH3 is 1. The van der Waals surface area contributed by atoms with E-state index in [0.29, 0.717) is 16.4 Å². The van der Waals surface area contributed by atoms with Gasteiger partial charge in [0.2, 0.25) is 0 Å². The number of hydrogen-bond acceptors (Lipinski definition) is 6. The average molecular weight is 489 g/mol. The van der Waals surface area contributed by atoms with Gasteiger partial charge in [-0.3, -0.25) is 14.5 Å². The second-order valence-corrected chi connectivity index (χ2v) is 9.38. The van der Waals surface area contributed by atoms with E-state index >= 15 is 0 Å². The van der Waals surface area contributed by atoms with E-state index in [1.165, 1.54) is 40.5 Å². The number of ether oxygens (including phenoxy) is 1. The number of rotatable bonds is 4. The van der Waals surface area contributed by atoms with Crippen molar-refractivity contribution in [2.24, 2.45) is 0 Å². The van der Waals surface area contributed by atoms with Crippen LogP contribution in [-0.2, 0) is 9.59 Å². The number of amides is 1. The number of thiazole rings is 1. The number of Topliss-reactive ketones (excluding diaryl/α,β-unsaturated/α-hetero) is 1. The average Bonchev–Trinajstić information content (AvgIpc) is 3.38. The van der Waals surface area contributed by atoms with E-state index in [-0.39, 0.29) is 16.9 Å². The van der Waals surface area contributed by atoms with E-state index in [9.17, 15) is 19.1 Å². The van der Waals surface area contributed by atoms with Gasteiger partial charge in [-0.1, -0.05) is 29.5 Å². The first-order valence-electron chi connectivity index (χ1n) is 10.9. The molecule has 1 aliphatic rings. The molecule has 6 nitrogen and oxygen atoms in total. The topological polar surface area (TPSA) is 79.7 Å². The summed E-state index contributed by atoms with van der Waals surface area (Å²) in [7, 11) is 1.54. The molecular formula is C27H21FN2O4S. The van der Waals surface area contributed by atoms with Crippen molar-refractivity contribution in [3.8, 4) is 5.75 Å². The summed E-state index contributed by atoms with van der Waals surface area (Å²) in [4.78, 5) is 32.7. The van der Waals surface area contributed by atoms with E-state index < -0.39 is 23.5 Å². The number of carbonyl (C=O) groups is 2. The van der Waals surface area contributed by atoms with Gasteiger partial charge in [-0.25, -0.2) is 9.37 Å². The molecule has 8 heteroatoms. The number of ketones is 1. The fraction of sp³-hybridized carbons (Fsp3) is 0.148. The van der Waals surface area contributed by atoms with E-state index in [4.69, 9.17) is 9.72 Å². The van der Waals surface area contributed by atoms with Gasteiger partial charge in [0.15, 0.2) is 5.13 Å². The largest absolute Gasteiger partial charge is 0.507 e. The van der Waals surface area contributed by atoms with E-state index in [1.54, 1.807) is 31.4 Å². The van der Waals surface area contributed by atoms with E-state index in [2.05, 4.69) is 0 Å². The number of nitrogens with zero attached hydrogens (tertiary/aromatic N) is 2. The van der Waals surface area contributed by atoms with Gasteiger partial charge in [-0.15, -0.1) is 0 Å². The van der Waals surface area contributed by atoms with E-state index in [0.717, 1.165) is 21.3 Å². The molecule has 1 N–H and O–H groups in total. The molecule has 0 radical (unpaired) electrons. The molecule has 0 saturated carbocycles. The maximum absolute atomic E-state index is 13.5. The quantitative estimate of drug-likeness (QED) is 0.227. The van der Waals surface area contributed by atoms with E-state index in [1.807, 2.05) is 26.0 Å². The number of hydrogen-bond donors (Lipinski definition) is 1. The number of anilines is 1. The van der Waals surface area contributed by atoms with Gasteiger partial charge < -0.3 is 9.84 Å². The van der Waals surface area contributed by atoms with Gasteiger partial charge >= 0.3 is 5.91 Å². The Bertz CT molecular complexity index is 1510. The molecule has 35 heavy (non-hydrogen) atoms. The summed E-state index contributed by atoms with van der Waals surface area (Å²) < 4.78 is 19.6. The molecule has 1 atom stereocenters. The van der Waals surface area contributed by atoms with Crippen LogP contribution in [0.5, 0.6) is 5.75 Å². The second-order valence-electron chi connectivity index (χ2n) is 8.37. The number of aliphatic hydroxyl groups excluding tert-OH is 1. The first-order valence-corrected chi connectivity index (χ1v) is 11.7. The Hall–Kier alpha value is -4.04. The van der Waals surface area contributed by atoms with Crippen LogP contribution in [0.1, 0.15) is 28.3 Å². The Morgan fingerprint density at radius 2 is 1.74 bits per heavy atom. The Kier molecular flexibility index (Phi) is 5.61. The van der Waals surface area contributed by atoms with Gasteiger partial charge in [0.25, 0.3) is 5.78 Å². The normalized spacial score (nSPS) is 17.4. The zero-order valence-corrected chi connectivity index (χ0v) is 20.0. The predicted octanol–water partition coefficient (Wildman–Crippen LogP) is 5.69. The van der Waals surface area contributed by atoms with Gasteiger partial charge in [0.1, 0.15) is 17.3 Å². The lowest BCUT2D eigenvalue weighted by molar-refractivity contribution is -0.132. The minimum atomic E-state index is -0.923. The molecule has 1 fully saturated rings. The Morgan fingerprint density at radius 3 is 2.40 bits per heavy atom. The molecule has 0 aliphatic carbocycles. The van der Waals surface area contributed by atoms with Crippen LogP contribution in [0, 0.1) is 19.7 Å². The van der Waals surface area contributed by atoms with Crippen LogP contribution in [-0.4, -0.2) is 28.9 Å². The Morgan fingerprint density at radius 1 is 1.06 bits per heavy atom. The Balaban J connectivity index is 1.73. The van der Waals surface area contributed by atoms with Crippen molar-refractivity contribution in [1.82, 2.24) is 4.98 Å². The number of carbonyl (C=O) groups excluding carboxylic acids is 2. The number of halogens is 1. The Labute approximate surface area is 204 Å². The zero-order chi connectivity index (χ0) is 24.9. The molecule has 1 saturated heterocycles. The fourth-order valence-corrected chi connectivity index (χ4v) is 5.53. The smallest absolute Gasteiger partial charge is 0.301 e. The second kappa shape index (κ2) is 8.63. The predicted molar refractivity (Wildman–Crippen MR) is 133 cm³/mol. The van der Waals surface area contributed by atoms with Gasteiger partial charge in [-0.2, -0.15) is 0 Å². The van der Waals surface area contributed by atoms with Crippen molar-refractivity contribution in [2.45, 2.75) is 19.9 Å².